The summed E-state index contributed by atoms with van der Waals surface area (Å²) < 4.78 is 2.56. The van der Waals surface area contributed by atoms with Crippen molar-refractivity contribution in [1.82, 2.24) is 14.6 Å². The first-order chi connectivity index (χ1) is 10.1. The lowest BCUT2D eigenvalue weighted by molar-refractivity contribution is -0.384. The standard InChI is InChI=1S/C13H10BrN5O2/c14-10-4-5-12-16-13(17-18(12)8-10)15-7-9-2-1-3-11(6-9)19(20)21/h1-6,8H,7H2,(H,15,17). The first kappa shape index (κ1) is 13.5. The summed E-state index contributed by atoms with van der Waals surface area (Å²) in [4.78, 5) is 14.6. The Labute approximate surface area is 127 Å². The van der Waals surface area contributed by atoms with E-state index in [-0.39, 0.29) is 5.69 Å². The van der Waals surface area contributed by atoms with Crippen molar-refractivity contribution in [2.75, 3.05) is 5.32 Å². The molecule has 2 heterocycles. The van der Waals surface area contributed by atoms with Crippen molar-refractivity contribution in [2.45, 2.75) is 6.54 Å². The molecule has 0 aliphatic heterocycles. The van der Waals surface area contributed by atoms with E-state index in [2.05, 4.69) is 31.3 Å². The molecular formula is C13H10BrN5O2. The van der Waals surface area contributed by atoms with Gasteiger partial charge in [-0.05, 0) is 33.6 Å². The van der Waals surface area contributed by atoms with Crippen molar-refractivity contribution in [1.29, 1.82) is 0 Å². The highest BCUT2D eigenvalue weighted by molar-refractivity contribution is 9.10. The minimum Gasteiger partial charge on any atom is -0.349 e. The molecule has 0 fully saturated rings. The predicted octanol–water partition coefficient (Wildman–Crippen LogP) is 3.01. The second kappa shape index (κ2) is 5.49. The summed E-state index contributed by atoms with van der Waals surface area (Å²) in [5.41, 5.74) is 1.59. The van der Waals surface area contributed by atoms with Gasteiger partial charge in [-0.3, -0.25) is 10.1 Å². The number of fused-ring (bicyclic) bond motifs is 1. The molecule has 21 heavy (non-hydrogen) atoms. The van der Waals surface area contributed by atoms with Crippen LogP contribution in [0.1, 0.15) is 5.56 Å². The molecule has 0 aliphatic carbocycles. The van der Waals surface area contributed by atoms with Gasteiger partial charge in [0.1, 0.15) is 0 Å². The molecule has 0 saturated carbocycles. The second-order valence-corrected chi connectivity index (χ2v) is 5.28. The number of hydrogen-bond acceptors (Lipinski definition) is 5. The van der Waals surface area contributed by atoms with Gasteiger partial charge in [0.2, 0.25) is 5.95 Å². The molecule has 0 radical (unpaired) electrons. The van der Waals surface area contributed by atoms with Crippen LogP contribution in [0.3, 0.4) is 0 Å². The van der Waals surface area contributed by atoms with E-state index in [1.165, 1.54) is 12.1 Å². The average Bonchev–Trinajstić information content (AvgIpc) is 2.87. The number of nitrogens with one attached hydrogen (secondary N) is 1. The number of non-ortho nitro benzene ring substituents is 1. The normalized spacial score (nSPS) is 10.7. The fourth-order valence-electron chi connectivity index (χ4n) is 1.89. The van der Waals surface area contributed by atoms with Crippen LogP contribution in [0.4, 0.5) is 11.6 Å². The summed E-state index contributed by atoms with van der Waals surface area (Å²) in [6.07, 6.45) is 1.81. The third-order valence-corrected chi connectivity index (χ3v) is 3.34. The van der Waals surface area contributed by atoms with E-state index in [0.29, 0.717) is 12.5 Å². The number of nitrogens with zero attached hydrogens (tertiary/aromatic N) is 4. The summed E-state index contributed by atoms with van der Waals surface area (Å²) in [5.74, 6) is 0.472. The zero-order valence-corrected chi connectivity index (χ0v) is 12.3. The fourth-order valence-corrected chi connectivity index (χ4v) is 2.22. The van der Waals surface area contributed by atoms with Crippen molar-refractivity contribution in [3.8, 4) is 0 Å². The molecule has 0 saturated heterocycles. The maximum Gasteiger partial charge on any atom is 0.269 e. The van der Waals surface area contributed by atoms with E-state index >= 15 is 0 Å². The lowest BCUT2D eigenvalue weighted by Gasteiger charge is -2.01. The zero-order valence-electron chi connectivity index (χ0n) is 10.7. The molecule has 1 aromatic carbocycles. The van der Waals surface area contributed by atoms with E-state index in [4.69, 9.17) is 0 Å². The van der Waals surface area contributed by atoms with Crippen molar-refractivity contribution in [3.05, 3.63) is 62.7 Å². The summed E-state index contributed by atoms with van der Waals surface area (Å²) in [5, 5.41) is 18.1. The van der Waals surface area contributed by atoms with Crippen LogP contribution in [0.15, 0.2) is 47.1 Å². The highest BCUT2D eigenvalue weighted by Crippen LogP contribution is 2.15. The van der Waals surface area contributed by atoms with Crippen LogP contribution in [0.25, 0.3) is 5.65 Å². The minimum atomic E-state index is -0.413. The van der Waals surface area contributed by atoms with Gasteiger partial charge >= 0.3 is 0 Å². The molecule has 2 aromatic heterocycles. The molecule has 8 heteroatoms. The molecule has 0 atom stereocenters. The van der Waals surface area contributed by atoms with Crippen LogP contribution in [0, 0.1) is 10.1 Å². The Balaban J connectivity index is 1.77. The Bertz CT molecular complexity index is 817. The van der Waals surface area contributed by atoms with Gasteiger partial charge in [0.15, 0.2) is 5.65 Å². The SMILES string of the molecule is O=[N+]([O-])c1cccc(CNc2nc3ccc(Br)cn3n2)c1. The molecule has 0 unspecified atom stereocenters. The van der Waals surface area contributed by atoms with Gasteiger partial charge in [0, 0.05) is 29.3 Å². The fraction of sp³-hybridized carbons (Fsp3) is 0.0769. The van der Waals surface area contributed by atoms with Gasteiger partial charge in [-0.15, -0.1) is 5.10 Å². The van der Waals surface area contributed by atoms with Gasteiger partial charge in [-0.2, -0.15) is 4.98 Å². The largest absolute Gasteiger partial charge is 0.349 e. The van der Waals surface area contributed by atoms with Gasteiger partial charge in [0.25, 0.3) is 5.69 Å². The first-order valence-electron chi connectivity index (χ1n) is 6.11. The second-order valence-electron chi connectivity index (χ2n) is 4.37. The highest BCUT2D eigenvalue weighted by atomic mass is 79.9. The van der Waals surface area contributed by atoms with Crippen molar-refractivity contribution < 1.29 is 4.92 Å². The van der Waals surface area contributed by atoms with Crippen LogP contribution >= 0.6 is 15.9 Å². The van der Waals surface area contributed by atoms with Crippen LogP contribution in [-0.2, 0) is 6.54 Å². The Morgan fingerprint density at radius 3 is 3.00 bits per heavy atom. The predicted molar refractivity (Wildman–Crippen MR) is 81.1 cm³/mol. The lowest BCUT2D eigenvalue weighted by atomic mass is 10.2. The molecule has 1 N–H and O–H groups in total. The van der Waals surface area contributed by atoms with Gasteiger partial charge in [-0.1, -0.05) is 12.1 Å². The monoisotopic (exact) mass is 347 g/mol. The van der Waals surface area contributed by atoms with E-state index in [1.807, 2.05) is 18.2 Å². The smallest absolute Gasteiger partial charge is 0.269 e. The quantitative estimate of drug-likeness (QED) is 0.579. The van der Waals surface area contributed by atoms with E-state index < -0.39 is 4.92 Å². The Morgan fingerprint density at radius 2 is 2.19 bits per heavy atom. The number of anilines is 1. The molecular weight excluding hydrogens is 338 g/mol. The third kappa shape index (κ3) is 3.00. The molecule has 7 nitrogen and oxygen atoms in total. The molecule has 0 aliphatic rings. The number of pyridine rings is 1. The van der Waals surface area contributed by atoms with Crippen molar-refractivity contribution in [2.24, 2.45) is 0 Å². The van der Waals surface area contributed by atoms with Crippen LogP contribution in [0.5, 0.6) is 0 Å². The van der Waals surface area contributed by atoms with Crippen molar-refractivity contribution >= 4 is 33.2 Å². The summed E-state index contributed by atoms with van der Waals surface area (Å²) in [6, 6.07) is 10.2. The highest BCUT2D eigenvalue weighted by Gasteiger charge is 2.07. The van der Waals surface area contributed by atoms with E-state index in [9.17, 15) is 10.1 Å². The number of hydrogen-bond donors (Lipinski definition) is 1. The Morgan fingerprint density at radius 1 is 1.33 bits per heavy atom. The van der Waals surface area contributed by atoms with Gasteiger partial charge in [-0.25, -0.2) is 4.52 Å². The van der Waals surface area contributed by atoms with Crippen LogP contribution in [0.2, 0.25) is 0 Å². The Hall–Kier alpha value is -2.48. The van der Waals surface area contributed by atoms with Crippen LogP contribution in [-0.4, -0.2) is 19.5 Å². The molecule has 3 aromatic rings. The Kier molecular flexibility index (Phi) is 3.53. The topological polar surface area (TPSA) is 85.4 Å². The van der Waals surface area contributed by atoms with Crippen molar-refractivity contribution in [3.63, 3.8) is 0 Å². The van der Waals surface area contributed by atoms with Gasteiger partial charge < -0.3 is 5.32 Å². The summed E-state index contributed by atoms with van der Waals surface area (Å²) in [7, 11) is 0. The first-order valence-corrected chi connectivity index (χ1v) is 6.90. The minimum absolute atomic E-state index is 0.0705. The summed E-state index contributed by atoms with van der Waals surface area (Å²) >= 11 is 3.37. The number of aromatic nitrogens is 3. The zero-order chi connectivity index (χ0) is 14.8. The van der Waals surface area contributed by atoms with Crippen LogP contribution < -0.4 is 5.32 Å². The van der Waals surface area contributed by atoms with Gasteiger partial charge in [0.05, 0.1) is 4.92 Å². The molecule has 0 spiro atoms. The number of halogens is 1. The third-order valence-electron chi connectivity index (χ3n) is 2.87. The average molecular weight is 348 g/mol. The number of nitro benzene ring substituents is 1. The maximum absolute atomic E-state index is 10.7. The number of benzene rings is 1. The molecule has 0 amide bonds. The molecule has 0 bridgehead atoms. The van der Waals surface area contributed by atoms with E-state index in [1.54, 1.807) is 16.8 Å². The maximum atomic E-state index is 10.7. The lowest BCUT2D eigenvalue weighted by Crippen LogP contribution is -2.01. The summed E-state index contributed by atoms with van der Waals surface area (Å²) in [6.45, 7) is 0.416. The molecule has 106 valence electrons. The number of rotatable bonds is 4. The van der Waals surface area contributed by atoms with E-state index in [0.717, 1.165) is 15.7 Å². The number of nitro groups is 1. The molecule has 3 rings (SSSR count).